The fraction of sp³-hybridized carbons (Fsp3) is 0.333. The molecule has 2 aromatic rings. The molecule has 0 bridgehead atoms. The third kappa shape index (κ3) is 3.99. The van der Waals surface area contributed by atoms with Crippen LogP contribution in [0.15, 0.2) is 48.5 Å². The number of methoxy groups -OCH3 is 1. The van der Waals surface area contributed by atoms with Crippen molar-refractivity contribution in [2.75, 3.05) is 31.4 Å². The first kappa shape index (κ1) is 15.4. The van der Waals surface area contributed by atoms with E-state index in [1.807, 2.05) is 12.1 Å². The molecule has 1 atom stereocenters. The number of rotatable bonds is 6. The fourth-order valence-corrected chi connectivity index (χ4v) is 2.32. The monoisotopic (exact) mass is 284 g/mol. The largest absolute Gasteiger partial charge is 0.380 e. The Morgan fingerprint density at radius 2 is 1.71 bits per heavy atom. The van der Waals surface area contributed by atoms with Gasteiger partial charge in [0.2, 0.25) is 0 Å². The molecule has 2 aromatic carbocycles. The van der Waals surface area contributed by atoms with Crippen molar-refractivity contribution in [3.05, 3.63) is 59.7 Å². The molecule has 2 rings (SSSR count). The normalized spacial score (nSPS) is 12.0. The lowest BCUT2D eigenvalue weighted by atomic mass is 10.1. The van der Waals surface area contributed by atoms with E-state index in [4.69, 9.17) is 4.74 Å². The van der Waals surface area contributed by atoms with Gasteiger partial charge in [0.05, 0.1) is 6.61 Å². The highest BCUT2D eigenvalue weighted by atomic mass is 16.5. The molecule has 1 N–H and O–H groups in total. The summed E-state index contributed by atoms with van der Waals surface area (Å²) in [5, 5.41) is 3.57. The molecule has 0 aromatic heterocycles. The van der Waals surface area contributed by atoms with Crippen LogP contribution in [0.1, 0.15) is 24.1 Å². The number of para-hydroxylation sites is 1. The zero-order chi connectivity index (χ0) is 15.2. The second-order valence-corrected chi connectivity index (χ2v) is 5.44. The minimum Gasteiger partial charge on any atom is -0.380 e. The van der Waals surface area contributed by atoms with E-state index in [9.17, 15) is 0 Å². The van der Waals surface area contributed by atoms with E-state index in [1.165, 1.54) is 16.8 Å². The first-order chi connectivity index (χ1) is 10.1. The van der Waals surface area contributed by atoms with E-state index in [2.05, 4.69) is 67.6 Å². The quantitative estimate of drug-likeness (QED) is 0.865. The highest BCUT2D eigenvalue weighted by molar-refractivity contribution is 5.53. The summed E-state index contributed by atoms with van der Waals surface area (Å²) >= 11 is 0. The number of hydrogen-bond donors (Lipinski definition) is 1. The average Bonchev–Trinajstić information content (AvgIpc) is 2.49. The molecule has 0 heterocycles. The van der Waals surface area contributed by atoms with Crippen LogP contribution in [-0.2, 0) is 11.3 Å². The van der Waals surface area contributed by atoms with Crippen LogP contribution >= 0.6 is 0 Å². The predicted octanol–water partition coefficient (Wildman–Crippen LogP) is 4.07. The van der Waals surface area contributed by atoms with Crippen LogP contribution in [-0.4, -0.2) is 21.2 Å². The molecule has 0 saturated heterocycles. The molecule has 3 heteroatoms. The maximum absolute atomic E-state index is 5.25. The van der Waals surface area contributed by atoms with Crippen LogP contribution in [0, 0.1) is 0 Å². The topological polar surface area (TPSA) is 24.5 Å². The van der Waals surface area contributed by atoms with Crippen molar-refractivity contribution >= 4 is 11.4 Å². The molecular weight excluding hydrogens is 260 g/mol. The van der Waals surface area contributed by atoms with Crippen molar-refractivity contribution in [1.29, 1.82) is 0 Å². The van der Waals surface area contributed by atoms with Crippen molar-refractivity contribution in [3.8, 4) is 0 Å². The van der Waals surface area contributed by atoms with Gasteiger partial charge in [-0.2, -0.15) is 0 Å². The van der Waals surface area contributed by atoms with Crippen molar-refractivity contribution in [2.24, 2.45) is 0 Å². The minimum atomic E-state index is 0.249. The van der Waals surface area contributed by atoms with Gasteiger partial charge in [-0.3, -0.25) is 0 Å². The fourth-order valence-electron chi connectivity index (χ4n) is 2.32. The smallest absolute Gasteiger partial charge is 0.0733 e. The first-order valence-corrected chi connectivity index (χ1v) is 7.22. The van der Waals surface area contributed by atoms with Crippen molar-refractivity contribution < 1.29 is 4.74 Å². The van der Waals surface area contributed by atoms with Gasteiger partial charge in [0.25, 0.3) is 0 Å². The molecule has 3 nitrogen and oxygen atoms in total. The Bertz CT molecular complexity index is 564. The van der Waals surface area contributed by atoms with E-state index in [1.54, 1.807) is 7.11 Å². The number of nitrogens with one attached hydrogen (secondary N) is 1. The van der Waals surface area contributed by atoms with Gasteiger partial charge in [-0.1, -0.05) is 30.3 Å². The Morgan fingerprint density at radius 1 is 1.05 bits per heavy atom. The SMILES string of the molecule is COCc1ccccc1NC(C)c1ccc(N(C)C)cc1. The zero-order valence-corrected chi connectivity index (χ0v) is 13.3. The van der Waals surface area contributed by atoms with Gasteiger partial charge in [0, 0.05) is 44.2 Å². The number of anilines is 2. The molecule has 0 radical (unpaired) electrons. The lowest BCUT2D eigenvalue weighted by Gasteiger charge is -2.19. The third-order valence-electron chi connectivity index (χ3n) is 3.60. The molecule has 112 valence electrons. The molecule has 21 heavy (non-hydrogen) atoms. The Labute approximate surface area is 127 Å². The summed E-state index contributed by atoms with van der Waals surface area (Å²) in [5.74, 6) is 0. The van der Waals surface area contributed by atoms with Crippen LogP contribution in [0.4, 0.5) is 11.4 Å². The molecular formula is C18H24N2O. The summed E-state index contributed by atoms with van der Waals surface area (Å²) in [6.45, 7) is 2.80. The van der Waals surface area contributed by atoms with Gasteiger partial charge in [0.1, 0.15) is 0 Å². The average molecular weight is 284 g/mol. The van der Waals surface area contributed by atoms with E-state index >= 15 is 0 Å². The van der Waals surface area contributed by atoms with Gasteiger partial charge in [-0.15, -0.1) is 0 Å². The second-order valence-electron chi connectivity index (χ2n) is 5.44. The van der Waals surface area contributed by atoms with E-state index < -0.39 is 0 Å². The maximum atomic E-state index is 5.25. The molecule has 0 fully saturated rings. The molecule has 0 amide bonds. The highest BCUT2D eigenvalue weighted by Crippen LogP contribution is 2.24. The predicted molar refractivity (Wildman–Crippen MR) is 90.0 cm³/mol. The van der Waals surface area contributed by atoms with Crippen LogP contribution in [0.25, 0.3) is 0 Å². The molecule has 0 saturated carbocycles. The second kappa shape index (κ2) is 7.14. The van der Waals surface area contributed by atoms with E-state index in [-0.39, 0.29) is 6.04 Å². The van der Waals surface area contributed by atoms with Gasteiger partial charge < -0.3 is 15.0 Å². The summed E-state index contributed by atoms with van der Waals surface area (Å²) in [6, 6.07) is 17.2. The molecule has 0 aliphatic rings. The van der Waals surface area contributed by atoms with Gasteiger partial charge in [-0.25, -0.2) is 0 Å². The lowest BCUT2D eigenvalue weighted by molar-refractivity contribution is 0.185. The van der Waals surface area contributed by atoms with Crippen molar-refractivity contribution in [3.63, 3.8) is 0 Å². The number of ether oxygens (including phenoxy) is 1. The first-order valence-electron chi connectivity index (χ1n) is 7.22. The molecule has 0 aliphatic heterocycles. The minimum absolute atomic E-state index is 0.249. The zero-order valence-electron chi connectivity index (χ0n) is 13.3. The van der Waals surface area contributed by atoms with Crippen LogP contribution in [0.5, 0.6) is 0 Å². The highest BCUT2D eigenvalue weighted by Gasteiger charge is 2.08. The summed E-state index contributed by atoms with van der Waals surface area (Å²) in [4.78, 5) is 2.11. The van der Waals surface area contributed by atoms with Crippen molar-refractivity contribution in [2.45, 2.75) is 19.6 Å². The van der Waals surface area contributed by atoms with Crippen LogP contribution in [0.2, 0.25) is 0 Å². The Balaban J connectivity index is 2.12. The summed E-state index contributed by atoms with van der Waals surface area (Å²) in [5.41, 5.74) is 4.79. The van der Waals surface area contributed by atoms with E-state index in [0.717, 1.165) is 5.69 Å². The Kier molecular flexibility index (Phi) is 5.23. The van der Waals surface area contributed by atoms with Crippen molar-refractivity contribution in [1.82, 2.24) is 0 Å². The lowest BCUT2D eigenvalue weighted by Crippen LogP contribution is -2.11. The molecule has 0 spiro atoms. The number of benzene rings is 2. The standard InChI is InChI=1S/C18H24N2O/c1-14(15-9-11-17(12-10-15)20(2)3)19-18-8-6-5-7-16(18)13-21-4/h5-12,14,19H,13H2,1-4H3. The maximum Gasteiger partial charge on any atom is 0.0733 e. The number of hydrogen-bond acceptors (Lipinski definition) is 3. The Hall–Kier alpha value is -2.00. The van der Waals surface area contributed by atoms with Gasteiger partial charge >= 0.3 is 0 Å². The third-order valence-corrected chi connectivity index (χ3v) is 3.60. The summed E-state index contributed by atoms with van der Waals surface area (Å²) in [6.07, 6.45) is 0. The summed E-state index contributed by atoms with van der Waals surface area (Å²) in [7, 11) is 5.83. The number of nitrogens with zero attached hydrogens (tertiary/aromatic N) is 1. The van der Waals surface area contributed by atoms with Gasteiger partial charge in [-0.05, 0) is 30.7 Å². The van der Waals surface area contributed by atoms with Crippen LogP contribution < -0.4 is 10.2 Å². The molecule has 0 aliphatic carbocycles. The van der Waals surface area contributed by atoms with Crippen LogP contribution in [0.3, 0.4) is 0 Å². The molecule has 1 unspecified atom stereocenters. The van der Waals surface area contributed by atoms with Gasteiger partial charge in [0.15, 0.2) is 0 Å². The summed E-state index contributed by atoms with van der Waals surface area (Å²) < 4.78 is 5.25. The Morgan fingerprint density at radius 3 is 2.33 bits per heavy atom. The van der Waals surface area contributed by atoms with E-state index in [0.29, 0.717) is 6.61 Å².